The van der Waals surface area contributed by atoms with Gasteiger partial charge in [0.15, 0.2) is 0 Å². The number of alkyl carbamates (subject to hydrolysis) is 1. The van der Waals surface area contributed by atoms with Gasteiger partial charge in [0.2, 0.25) is 10.0 Å². The molecule has 2 aliphatic rings. The van der Waals surface area contributed by atoms with Crippen molar-refractivity contribution in [1.29, 1.82) is 0 Å². The van der Waals surface area contributed by atoms with Gasteiger partial charge >= 0.3 is 12.1 Å². The van der Waals surface area contributed by atoms with Crippen LogP contribution in [0.5, 0.6) is 0 Å². The molecule has 2 saturated heterocycles. The Hall–Kier alpha value is -2.27. The lowest BCUT2D eigenvalue weighted by Crippen LogP contribution is -2.48. The zero-order chi connectivity index (χ0) is 23.8. The molecule has 2 aliphatic heterocycles. The molecule has 2 heterocycles. The molecule has 2 fully saturated rings. The van der Waals surface area contributed by atoms with E-state index in [1.54, 1.807) is 20.8 Å². The molecule has 8 nitrogen and oxygen atoms in total. The van der Waals surface area contributed by atoms with E-state index in [1.807, 2.05) is 0 Å². The van der Waals surface area contributed by atoms with Gasteiger partial charge < -0.3 is 14.8 Å². The van der Waals surface area contributed by atoms with Crippen molar-refractivity contribution in [3.8, 4) is 0 Å². The highest BCUT2D eigenvalue weighted by molar-refractivity contribution is 7.89. The summed E-state index contributed by atoms with van der Waals surface area (Å²) in [6, 6.07) is 0.515. The number of fused-ring (bicyclic) bond motifs is 2. The van der Waals surface area contributed by atoms with E-state index in [0.717, 1.165) is 12.1 Å². The highest BCUT2D eigenvalue weighted by Gasteiger charge is 2.54. The third kappa shape index (κ3) is 5.20. The van der Waals surface area contributed by atoms with Crippen LogP contribution in [-0.2, 0) is 24.3 Å². The van der Waals surface area contributed by atoms with E-state index in [-0.39, 0.29) is 6.42 Å². The average Bonchev–Trinajstić information content (AvgIpc) is 3.24. The van der Waals surface area contributed by atoms with Crippen molar-refractivity contribution in [3.63, 3.8) is 0 Å². The van der Waals surface area contributed by atoms with Gasteiger partial charge in [-0.2, -0.15) is 4.31 Å². The van der Waals surface area contributed by atoms with Crippen LogP contribution < -0.4 is 5.32 Å². The van der Waals surface area contributed by atoms with Crippen molar-refractivity contribution >= 4 is 22.1 Å². The Balaban J connectivity index is 1.87. The molecule has 3 unspecified atom stereocenters. The number of carbonyl (C=O) groups is 2. The molecule has 1 aromatic rings. The maximum Gasteiger partial charge on any atom is 0.407 e. The van der Waals surface area contributed by atoms with Crippen LogP contribution in [0.25, 0.3) is 0 Å². The number of halogens is 2. The smallest absolute Gasteiger partial charge is 0.407 e. The zero-order valence-corrected chi connectivity index (χ0v) is 19.2. The second kappa shape index (κ2) is 8.93. The summed E-state index contributed by atoms with van der Waals surface area (Å²) in [6.45, 7) is 5.10. The first-order valence-corrected chi connectivity index (χ1v) is 11.8. The number of amides is 1. The van der Waals surface area contributed by atoms with E-state index in [0.29, 0.717) is 25.3 Å². The Kier molecular flexibility index (Phi) is 6.80. The summed E-state index contributed by atoms with van der Waals surface area (Å²) in [7, 11) is -2.96. The van der Waals surface area contributed by atoms with Crippen LogP contribution in [0.15, 0.2) is 23.1 Å². The summed E-state index contributed by atoms with van der Waals surface area (Å²) in [6.07, 6.45) is 0.580. The van der Waals surface area contributed by atoms with Gasteiger partial charge in [0.05, 0.1) is 18.4 Å². The number of hydrogen-bond acceptors (Lipinski definition) is 6. The number of ether oxygens (including phenoxy) is 2. The second-order valence-corrected chi connectivity index (χ2v) is 11.0. The molecular weight excluding hydrogens is 446 g/mol. The molecule has 1 amide bonds. The third-order valence-electron chi connectivity index (χ3n) is 5.77. The molecule has 4 atom stereocenters. The first-order chi connectivity index (χ1) is 14.8. The lowest BCUT2D eigenvalue weighted by molar-refractivity contribution is -0.141. The Morgan fingerprint density at radius 2 is 1.81 bits per heavy atom. The van der Waals surface area contributed by atoms with Gasteiger partial charge in [0.1, 0.15) is 17.2 Å². The lowest BCUT2D eigenvalue weighted by Gasteiger charge is -2.31. The lowest BCUT2D eigenvalue weighted by atomic mass is 9.82. The maximum atomic E-state index is 13.7. The van der Waals surface area contributed by atoms with Gasteiger partial charge in [-0.25, -0.2) is 22.0 Å². The summed E-state index contributed by atoms with van der Waals surface area (Å²) < 4.78 is 65.2. The number of methoxy groups -OCH3 is 1. The summed E-state index contributed by atoms with van der Waals surface area (Å²) in [5.74, 6) is -2.92. The van der Waals surface area contributed by atoms with Gasteiger partial charge in [-0.15, -0.1) is 0 Å². The molecule has 0 spiro atoms. The first kappa shape index (κ1) is 24.4. The van der Waals surface area contributed by atoms with Gasteiger partial charge in [-0.1, -0.05) is 0 Å². The van der Waals surface area contributed by atoms with Crippen LogP contribution in [0.4, 0.5) is 13.6 Å². The molecular formula is C21H28F2N2O6S. The van der Waals surface area contributed by atoms with Crippen molar-refractivity contribution in [3.05, 3.63) is 29.8 Å². The van der Waals surface area contributed by atoms with E-state index in [9.17, 15) is 26.8 Å². The number of benzene rings is 1. The fraction of sp³-hybridized carbons (Fsp3) is 0.619. The molecule has 0 aromatic heterocycles. The Morgan fingerprint density at radius 3 is 2.38 bits per heavy atom. The van der Waals surface area contributed by atoms with E-state index >= 15 is 0 Å². The van der Waals surface area contributed by atoms with Crippen molar-refractivity contribution < 1.29 is 36.3 Å². The van der Waals surface area contributed by atoms with E-state index in [1.165, 1.54) is 11.4 Å². The quantitative estimate of drug-likeness (QED) is 0.636. The highest BCUT2D eigenvalue weighted by Crippen LogP contribution is 2.46. The third-order valence-corrected chi connectivity index (χ3v) is 7.72. The van der Waals surface area contributed by atoms with E-state index in [2.05, 4.69) is 5.32 Å². The Morgan fingerprint density at radius 1 is 1.19 bits per heavy atom. The number of carbonyl (C=O) groups excluding carboxylic acids is 2. The molecule has 178 valence electrons. The second-order valence-electron chi connectivity index (χ2n) is 9.17. The van der Waals surface area contributed by atoms with Crippen molar-refractivity contribution in [1.82, 2.24) is 9.62 Å². The Bertz CT molecular complexity index is 974. The Labute approximate surface area is 186 Å². The highest BCUT2D eigenvalue weighted by atomic mass is 32.2. The molecule has 0 aliphatic carbocycles. The fourth-order valence-corrected chi connectivity index (χ4v) is 6.59. The van der Waals surface area contributed by atoms with Crippen LogP contribution in [0.3, 0.4) is 0 Å². The zero-order valence-electron chi connectivity index (χ0n) is 18.4. The molecule has 11 heteroatoms. The molecule has 0 saturated carbocycles. The van der Waals surface area contributed by atoms with Crippen LogP contribution in [-0.4, -0.2) is 55.6 Å². The van der Waals surface area contributed by atoms with Gasteiger partial charge in [-0.3, -0.25) is 4.79 Å². The minimum absolute atomic E-state index is 0.161. The fourth-order valence-electron chi connectivity index (χ4n) is 4.62. The van der Waals surface area contributed by atoms with Crippen LogP contribution >= 0.6 is 0 Å². The van der Waals surface area contributed by atoms with E-state index < -0.39 is 68.3 Å². The first-order valence-electron chi connectivity index (χ1n) is 10.4. The number of sulfonamides is 1. The molecule has 1 aromatic carbocycles. The SMILES string of the molecule is COC(=O)C[C@@H](NC(=O)OC(C)(C)C)C1CC2CCC1N2S(=O)(=O)c1cc(F)cc(F)c1. The summed E-state index contributed by atoms with van der Waals surface area (Å²) in [4.78, 5) is 23.9. The standard InChI is InChI=1S/C21H28F2N2O6S/c1-21(2,3)31-20(27)24-17(11-19(26)30-4)16-10-14-5-6-18(16)25(14)32(28,29)15-8-12(22)7-13(23)9-15/h7-9,14,16-18H,5-6,10-11H2,1-4H3,(H,24,27)/t14?,16?,17-,18?/m1/s1. The molecule has 0 radical (unpaired) electrons. The molecule has 32 heavy (non-hydrogen) atoms. The largest absolute Gasteiger partial charge is 0.469 e. The number of hydrogen-bond donors (Lipinski definition) is 1. The van der Waals surface area contributed by atoms with Gasteiger partial charge in [0, 0.05) is 24.2 Å². The number of esters is 1. The minimum atomic E-state index is -4.18. The summed E-state index contributed by atoms with van der Waals surface area (Å²) in [5.41, 5.74) is -0.759. The monoisotopic (exact) mass is 474 g/mol. The van der Waals surface area contributed by atoms with Gasteiger partial charge in [0.25, 0.3) is 0 Å². The summed E-state index contributed by atoms with van der Waals surface area (Å²) in [5, 5.41) is 2.69. The van der Waals surface area contributed by atoms with Crippen LogP contribution in [0.1, 0.15) is 46.5 Å². The minimum Gasteiger partial charge on any atom is -0.469 e. The van der Waals surface area contributed by atoms with Gasteiger partial charge in [-0.05, 0) is 58.1 Å². The van der Waals surface area contributed by atoms with E-state index in [4.69, 9.17) is 9.47 Å². The molecule has 2 bridgehead atoms. The normalized spacial score (nSPS) is 24.2. The maximum absolute atomic E-state index is 13.7. The van der Waals surface area contributed by atoms with Crippen molar-refractivity contribution in [2.45, 2.75) is 75.1 Å². The van der Waals surface area contributed by atoms with Crippen molar-refractivity contribution in [2.24, 2.45) is 5.92 Å². The number of rotatable bonds is 6. The molecule has 3 rings (SSSR count). The van der Waals surface area contributed by atoms with Crippen LogP contribution in [0.2, 0.25) is 0 Å². The average molecular weight is 475 g/mol. The summed E-state index contributed by atoms with van der Waals surface area (Å²) >= 11 is 0. The van der Waals surface area contributed by atoms with Crippen LogP contribution in [0, 0.1) is 17.6 Å². The topological polar surface area (TPSA) is 102 Å². The number of nitrogens with one attached hydrogen (secondary N) is 1. The molecule has 1 N–H and O–H groups in total. The predicted octanol–water partition coefficient (Wildman–Crippen LogP) is 2.96. The number of nitrogens with zero attached hydrogens (tertiary/aromatic N) is 1. The van der Waals surface area contributed by atoms with Crippen molar-refractivity contribution in [2.75, 3.05) is 7.11 Å². The predicted molar refractivity (Wildman–Crippen MR) is 110 cm³/mol.